The maximum absolute atomic E-state index is 13.6. The summed E-state index contributed by atoms with van der Waals surface area (Å²) in [5, 5.41) is 0. The molecule has 0 N–H and O–H groups in total. The van der Waals surface area contributed by atoms with E-state index in [-0.39, 0.29) is 11.6 Å². The Morgan fingerprint density at radius 2 is 1.78 bits per heavy atom. The number of halogens is 1. The lowest BCUT2D eigenvalue weighted by atomic mass is 10.0. The van der Waals surface area contributed by atoms with Crippen LogP contribution in [0.2, 0.25) is 0 Å². The van der Waals surface area contributed by atoms with Crippen LogP contribution >= 0.6 is 0 Å². The standard InChI is InChI=1S/C15H22FNO/c1-5-7-17(8-6-2)15-9-11(3)14(16)10-13(15)12(4)18/h9-10H,5-8H2,1-4H3. The molecule has 0 unspecified atom stereocenters. The Balaban J connectivity index is 3.25. The van der Waals surface area contributed by atoms with Gasteiger partial charge in [-0.15, -0.1) is 0 Å². The quantitative estimate of drug-likeness (QED) is 0.713. The Kier molecular flexibility index (Phi) is 5.32. The number of hydrogen-bond acceptors (Lipinski definition) is 2. The molecule has 0 aliphatic carbocycles. The highest BCUT2D eigenvalue weighted by atomic mass is 19.1. The first kappa shape index (κ1) is 14.7. The third-order valence-corrected chi connectivity index (χ3v) is 2.98. The predicted octanol–water partition coefficient (Wildman–Crippen LogP) is 3.96. The van der Waals surface area contributed by atoms with Crippen molar-refractivity contribution in [1.29, 1.82) is 0 Å². The van der Waals surface area contributed by atoms with Crippen molar-refractivity contribution in [3.05, 3.63) is 29.1 Å². The normalized spacial score (nSPS) is 10.5. The summed E-state index contributed by atoms with van der Waals surface area (Å²) in [4.78, 5) is 13.8. The van der Waals surface area contributed by atoms with Crippen LogP contribution in [0, 0.1) is 12.7 Å². The average molecular weight is 251 g/mol. The van der Waals surface area contributed by atoms with Gasteiger partial charge < -0.3 is 4.90 Å². The maximum atomic E-state index is 13.6. The van der Waals surface area contributed by atoms with Gasteiger partial charge in [0, 0.05) is 24.3 Å². The molecule has 0 radical (unpaired) electrons. The first-order valence-electron chi connectivity index (χ1n) is 6.57. The third-order valence-electron chi connectivity index (χ3n) is 2.98. The number of anilines is 1. The minimum absolute atomic E-state index is 0.0823. The molecule has 0 aromatic heterocycles. The van der Waals surface area contributed by atoms with Gasteiger partial charge in [-0.1, -0.05) is 13.8 Å². The largest absolute Gasteiger partial charge is 0.371 e. The summed E-state index contributed by atoms with van der Waals surface area (Å²) in [6, 6.07) is 3.16. The molecule has 0 atom stereocenters. The summed E-state index contributed by atoms with van der Waals surface area (Å²) in [5.41, 5.74) is 1.94. The highest BCUT2D eigenvalue weighted by Gasteiger charge is 2.15. The van der Waals surface area contributed by atoms with Crippen LogP contribution in [0.5, 0.6) is 0 Å². The summed E-state index contributed by atoms with van der Waals surface area (Å²) in [6.45, 7) is 9.21. The lowest BCUT2D eigenvalue weighted by molar-refractivity contribution is 0.101. The molecule has 1 aromatic rings. The molecule has 2 nitrogen and oxygen atoms in total. The highest BCUT2D eigenvalue weighted by Crippen LogP contribution is 2.25. The van der Waals surface area contributed by atoms with E-state index in [0.717, 1.165) is 31.6 Å². The molecule has 0 bridgehead atoms. The zero-order valence-electron chi connectivity index (χ0n) is 11.7. The van der Waals surface area contributed by atoms with Gasteiger partial charge in [0.1, 0.15) is 5.82 Å². The van der Waals surface area contributed by atoms with Crippen molar-refractivity contribution in [3.8, 4) is 0 Å². The Morgan fingerprint density at radius 1 is 1.22 bits per heavy atom. The lowest BCUT2D eigenvalue weighted by Gasteiger charge is -2.26. The number of ketones is 1. The van der Waals surface area contributed by atoms with Crippen LogP contribution < -0.4 is 4.90 Å². The number of carbonyl (C=O) groups is 1. The lowest BCUT2D eigenvalue weighted by Crippen LogP contribution is -2.26. The van der Waals surface area contributed by atoms with E-state index in [4.69, 9.17) is 0 Å². The third kappa shape index (κ3) is 3.31. The van der Waals surface area contributed by atoms with Crippen LogP contribution in [0.3, 0.4) is 0 Å². The monoisotopic (exact) mass is 251 g/mol. The van der Waals surface area contributed by atoms with Crippen molar-refractivity contribution >= 4 is 11.5 Å². The van der Waals surface area contributed by atoms with Gasteiger partial charge in [-0.25, -0.2) is 4.39 Å². The molecule has 1 aromatic carbocycles. The predicted molar refractivity (Wildman–Crippen MR) is 73.9 cm³/mol. The molecule has 100 valence electrons. The zero-order chi connectivity index (χ0) is 13.7. The first-order valence-corrected chi connectivity index (χ1v) is 6.57. The van der Waals surface area contributed by atoms with Gasteiger partial charge in [0.15, 0.2) is 5.78 Å². The molecular weight excluding hydrogens is 229 g/mol. The average Bonchev–Trinajstić information content (AvgIpc) is 2.31. The Bertz CT molecular complexity index is 423. The summed E-state index contributed by atoms with van der Waals surface area (Å²) in [5.74, 6) is -0.391. The molecule has 0 fully saturated rings. The molecular formula is C15H22FNO. The van der Waals surface area contributed by atoms with Gasteiger partial charge in [0.05, 0.1) is 0 Å². The number of benzene rings is 1. The topological polar surface area (TPSA) is 20.3 Å². The molecule has 0 aliphatic heterocycles. The van der Waals surface area contributed by atoms with E-state index < -0.39 is 0 Å². The Labute approximate surface area is 109 Å². The van der Waals surface area contributed by atoms with Crippen molar-refractivity contribution in [2.24, 2.45) is 0 Å². The zero-order valence-corrected chi connectivity index (χ0v) is 11.7. The van der Waals surface area contributed by atoms with Crippen molar-refractivity contribution < 1.29 is 9.18 Å². The molecule has 0 saturated carbocycles. The fourth-order valence-corrected chi connectivity index (χ4v) is 2.10. The molecule has 1 rings (SSSR count). The van der Waals surface area contributed by atoms with Crippen LogP contribution in [0.1, 0.15) is 49.5 Å². The van der Waals surface area contributed by atoms with Crippen LogP contribution in [-0.2, 0) is 0 Å². The second-order valence-corrected chi connectivity index (χ2v) is 4.66. The number of Topliss-reactive ketones (excluding diaryl/α,β-unsaturated/α-hetero) is 1. The van der Waals surface area contributed by atoms with Crippen LogP contribution in [0.15, 0.2) is 12.1 Å². The molecule has 0 spiro atoms. The molecule has 3 heteroatoms. The van der Waals surface area contributed by atoms with Gasteiger partial charge in [-0.3, -0.25) is 4.79 Å². The van der Waals surface area contributed by atoms with Crippen molar-refractivity contribution in [2.45, 2.75) is 40.5 Å². The number of rotatable bonds is 6. The second-order valence-electron chi connectivity index (χ2n) is 4.66. The van der Waals surface area contributed by atoms with Gasteiger partial charge >= 0.3 is 0 Å². The highest BCUT2D eigenvalue weighted by molar-refractivity contribution is 5.99. The fraction of sp³-hybridized carbons (Fsp3) is 0.533. The van der Waals surface area contributed by atoms with Gasteiger partial charge in [-0.05, 0) is 44.4 Å². The van der Waals surface area contributed by atoms with E-state index in [1.165, 1.54) is 13.0 Å². The molecule has 0 aliphatic rings. The number of aryl methyl sites for hydroxylation is 1. The van der Waals surface area contributed by atoms with Gasteiger partial charge in [-0.2, -0.15) is 0 Å². The number of hydrogen-bond donors (Lipinski definition) is 0. The molecule has 18 heavy (non-hydrogen) atoms. The Hall–Kier alpha value is -1.38. The molecule has 0 heterocycles. The summed E-state index contributed by atoms with van der Waals surface area (Å²) < 4.78 is 13.6. The van der Waals surface area contributed by atoms with E-state index >= 15 is 0 Å². The van der Waals surface area contributed by atoms with Gasteiger partial charge in [0.2, 0.25) is 0 Å². The van der Waals surface area contributed by atoms with E-state index in [9.17, 15) is 9.18 Å². The summed E-state index contributed by atoms with van der Waals surface area (Å²) in [7, 11) is 0. The minimum atomic E-state index is -0.308. The minimum Gasteiger partial charge on any atom is -0.371 e. The van der Waals surface area contributed by atoms with E-state index in [1.54, 1.807) is 13.0 Å². The summed E-state index contributed by atoms with van der Waals surface area (Å²) in [6.07, 6.45) is 2.02. The Morgan fingerprint density at radius 3 is 2.22 bits per heavy atom. The SMILES string of the molecule is CCCN(CCC)c1cc(C)c(F)cc1C(C)=O. The van der Waals surface area contributed by atoms with Crippen molar-refractivity contribution in [3.63, 3.8) is 0 Å². The van der Waals surface area contributed by atoms with E-state index in [2.05, 4.69) is 18.7 Å². The smallest absolute Gasteiger partial charge is 0.161 e. The molecule has 0 amide bonds. The van der Waals surface area contributed by atoms with E-state index in [1.807, 2.05) is 0 Å². The van der Waals surface area contributed by atoms with Crippen LogP contribution in [-0.4, -0.2) is 18.9 Å². The van der Waals surface area contributed by atoms with Crippen molar-refractivity contribution in [2.75, 3.05) is 18.0 Å². The second kappa shape index (κ2) is 6.53. The van der Waals surface area contributed by atoms with Crippen LogP contribution in [0.25, 0.3) is 0 Å². The maximum Gasteiger partial charge on any atom is 0.161 e. The molecule has 0 saturated heterocycles. The first-order chi connectivity index (χ1) is 8.51. The van der Waals surface area contributed by atoms with Gasteiger partial charge in [0.25, 0.3) is 0 Å². The number of nitrogens with zero attached hydrogens (tertiary/aromatic N) is 1. The summed E-state index contributed by atoms with van der Waals surface area (Å²) >= 11 is 0. The van der Waals surface area contributed by atoms with E-state index in [0.29, 0.717) is 11.1 Å². The van der Waals surface area contributed by atoms with Crippen molar-refractivity contribution in [1.82, 2.24) is 0 Å². The number of carbonyl (C=O) groups excluding carboxylic acids is 1. The van der Waals surface area contributed by atoms with Crippen LogP contribution in [0.4, 0.5) is 10.1 Å². The fourth-order valence-electron chi connectivity index (χ4n) is 2.10.